The summed E-state index contributed by atoms with van der Waals surface area (Å²) < 4.78 is 0. The van der Waals surface area contributed by atoms with Crippen LogP contribution >= 0.6 is 11.3 Å². The lowest BCUT2D eigenvalue weighted by molar-refractivity contribution is 0.0697. The largest absolute Gasteiger partial charge is 0.478 e. The lowest BCUT2D eigenvalue weighted by Crippen LogP contribution is -2.32. The molecule has 1 aromatic heterocycles. The third-order valence-electron chi connectivity index (χ3n) is 3.48. The second-order valence-corrected chi connectivity index (χ2v) is 6.04. The first-order valence-corrected chi connectivity index (χ1v) is 7.87. The van der Waals surface area contributed by atoms with Gasteiger partial charge < -0.3 is 15.3 Å². The Labute approximate surface area is 118 Å². The number of carboxylic acid groups (broad SMARTS) is 1. The molecule has 19 heavy (non-hydrogen) atoms. The van der Waals surface area contributed by atoms with Crippen LogP contribution in [0, 0.1) is 0 Å². The Balaban J connectivity index is 1.57. The molecule has 1 saturated heterocycles. The van der Waals surface area contributed by atoms with Crippen LogP contribution in [0.25, 0.3) is 0 Å². The van der Waals surface area contributed by atoms with Gasteiger partial charge in [-0.1, -0.05) is 6.42 Å². The Hall–Kier alpha value is -0.910. The van der Waals surface area contributed by atoms with E-state index in [4.69, 9.17) is 5.11 Å². The van der Waals surface area contributed by atoms with Crippen molar-refractivity contribution in [2.75, 3.05) is 26.2 Å². The summed E-state index contributed by atoms with van der Waals surface area (Å²) in [6, 6.07) is 1.75. The predicted molar refractivity (Wildman–Crippen MR) is 77.9 cm³/mol. The molecule has 1 fully saturated rings. The van der Waals surface area contributed by atoms with Crippen molar-refractivity contribution in [3.63, 3.8) is 0 Å². The Morgan fingerprint density at radius 3 is 2.84 bits per heavy atom. The highest BCUT2D eigenvalue weighted by Gasteiger charge is 2.09. The molecule has 0 unspecified atom stereocenters. The maximum absolute atomic E-state index is 10.7. The minimum absolute atomic E-state index is 0.398. The number of nitrogens with one attached hydrogen (secondary N) is 1. The maximum Gasteiger partial charge on any atom is 0.336 e. The van der Waals surface area contributed by atoms with Gasteiger partial charge in [0.25, 0.3) is 0 Å². The molecule has 0 aromatic carbocycles. The summed E-state index contributed by atoms with van der Waals surface area (Å²) in [5, 5.41) is 13.9. The van der Waals surface area contributed by atoms with E-state index in [0.717, 1.165) is 24.4 Å². The zero-order chi connectivity index (χ0) is 13.5. The fourth-order valence-corrected chi connectivity index (χ4v) is 3.24. The smallest absolute Gasteiger partial charge is 0.336 e. The molecule has 0 radical (unpaired) electrons. The number of carboxylic acids is 1. The fraction of sp³-hybridized carbons (Fsp3) is 0.643. The highest BCUT2D eigenvalue weighted by molar-refractivity contribution is 7.10. The van der Waals surface area contributed by atoms with Crippen LogP contribution in [0.5, 0.6) is 0 Å². The summed E-state index contributed by atoms with van der Waals surface area (Å²) >= 11 is 1.51. The maximum atomic E-state index is 10.7. The van der Waals surface area contributed by atoms with Gasteiger partial charge in [0.1, 0.15) is 0 Å². The topological polar surface area (TPSA) is 52.6 Å². The molecule has 4 nitrogen and oxygen atoms in total. The SMILES string of the molecule is O=C(O)c1csc(CNCCCN2CCCCC2)c1. The summed E-state index contributed by atoms with van der Waals surface area (Å²) in [5.74, 6) is -0.840. The first-order valence-electron chi connectivity index (χ1n) is 6.99. The van der Waals surface area contributed by atoms with Crippen molar-refractivity contribution in [1.29, 1.82) is 0 Å². The molecule has 1 aromatic rings. The third kappa shape index (κ3) is 4.93. The number of thiophene rings is 1. The molecular formula is C14H22N2O2S. The summed E-state index contributed by atoms with van der Waals surface area (Å²) in [5.41, 5.74) is 0.398. The van der Waals surface area contributed by atoms with E-state index in [1.165, 1.54) is 50.2 Å². The quantitative estimate of drug-likeness (QED) is 0.754. The second kappa shape index (κ2) is 7.62. The lowest BCUT2D eigenvalue weighted by Gasteiger charge is -2.26. The molecule has 1 aliphatic heterocycles. The van der Waals surface area contributed by atoms with E-state index in [1.807, 2.05) is 0 Å². The van der Waals surface area contributed by atoms with E-state index < -0.39 is 5.97 Å². The van der Waals surface area contributed by atoms with Crippen LogP contribution in [0.2, 0.25) is 0 Å². The monoisotopic (exact) mass is 282 g/mol. The molecule has 0 amide bonds. The van der Waals surface area contributed by atoms with Crippen molar-refractivity contribution in [3.05, 3.63) is 21.9 Å². The zero-order valence-electron chi connectivity index (χ0n) is 11.2. The van der Waals surface area contributed by atoms with E-state index in [0.29, 0.717) is 5.56 Å². The summed E-state index contributed by atoms with van der Waals surface area (Å²) in [6.45, 7) is 5.46. The molecule has 2 heterocycles. The van der Waals surface area contributed by atoms with Gasteiger partial charge in [-0.05, 0) is 51.5 Å². The van der Waals surface area contributed by atoms with Gasteiger partial charge in [-0.3, -0.25) is 0 Å². The van der Waals surface area contributed by atoms with E-state index >= 15 is 0 Å². The van der Waals surface area contributed by atoms with Crippen LogP contribution in [0.1, 0.15) is 40.9 Å². The van der Waals surface area contributed by atoms with Crippen molar-refractivity contribution >= 4 is 17.3 Å². The highest BCUT2D eigenvalue weighted by Crippen LogP contribution is 2.14. The molecule has 0 atom stereocenters. The molecule has 1 aliphatic rings. The van der Waals surface area contributed by atoms with E-state index in [-0.39, 0.29) is 0 Å². The van der Waals surface area contributed by atoms with Crippen LogP contribution in [0.4, 0.5) is 0 Å². The van der Waals surface area contributed by atoms with Gasteiger partial charge in [-0.2, -0.15) is 0 Å². The van der Waals surface area contributed by atoms with Crippen molar-refractivity contribution in [2.24, 2.45) is 0 Å². The normalized spacial score (nSPS) is 16.6. The first kappa shape index (κ1) is 14.5. The number of carbonyl (C=O) groups is 1. The number of rotatable bonds is 7. The van der Waals surface area contributed by atoms with Gasteiger partial charge in [0.05, 0.1) is 5.56 Å². The van der Waals surface area contributed by atoms with Gasteiger partial charge >= 0.3 is 5.97 Å². The Bertz CT molecular complexity index is 400. The van der Waals surface area contributed by atoms with Gasteiger partial charge in [0, 0.05) is 16.8 Å². The average Bonchev–Trinajstić information content (AvgIpc) is 2.89. The van der Waals surface area contributed by atoms with Crippen LogP contribution in [-0.4, -0.2) is 42.2 Å². The van der Waals surface area contributed by atoms with Crippen LogP contribution in [0.3, 0.4) is 0 Å². The number of nitrogens with zero attached hydrogens (tertiary/aromatic N) is 1. The molecule has 0 bridgehead atoms. The van der Waals surface area contributed by atoms with Crippen molar-refractivity contribution in [3.8, 4) is 0 Å². The zero-order valence-corrected chi connectivity index (χ0v) is 12.0. The highest BCUT2D eigenvalue weighted by atomic mass is 32.1. The van der Waals surface area contributed by atoms with Gasteiger partial charge in [0.15, 0.2) is 0 Å². The van der Waals surface area contributed by atoms with E-state index in [9.17, 15) is 4.79 Å². The summed E-state index contributed by atoms with van der Waals surface area (Å²) in [7, 11) is 0. The summed E-state index contributed by atoms with van der Waals surface area (Å²) in [4.78, 5) is 14.4. The van der Waals surface area contributed by atoms with Gasteiger partial charge in [-0.25, -0.2) is 4.79 Å². The molecule has 2 N–H and O–H groups in total. The van der Waals surface area contributed by atoms with Crippen LogP contribution in [-0.2, 0) is 6.54 Å². The average molecular weight is 282 g/mol. The molecule has 0 spiro atoms. The molecular weight excluding hydrogens is 260 g/mol. The summed E-state index contributed by atoms with van der Waals surface area (Å²) in [6.07, 6.45) is 5.25. The van der Waals surface area contributed by atoms with E-state index in [1.54, 1.807) is 11.4 Å². The molecule has 0 aliphatic carbocycles. The lowest BCUT2D eigenvalue weighted by atomic mass is 10.1. The molecule has 0 saturated carbocycles. The molecule has 2 rings (SSSR count). The Morgan fingerprint density at radius 1 is 1.37 bits per heavy atom. The number of piperidine rings is 1. The van der Waals surface area contributed by atoms with Crippen molar-refractivity contribution in [1.82, 2.24) is 10.2 Å². The number of aromatic carboxylic acids is 1. The first-order chi connectivity index (χ1) is 9.25. The number of hydrogen-bond donors (Lipinski definition) is 2. The number of likely N-dealkylation sites (tertiary alicyclic amines) is 1. The Kier molecular flexibility index (Phi) is 5.82. The van der Waals surface area contributed by atoms with Crippen LogP contribution in [0.15, 0.2) is 11.4 Å². The van der Waals surface area contributed by atoms with E-state index in [2.05, 4.69) is 10.2 Å². The standard InChI is InChI=1S/C14H22N2O2S/c17-14(18)12-9-13(19-11-12)10-15-5-4-8-16-6-2-1-3-7-16/h9,11,15H,1-8,10H2,(H,17,18). The van der Waals surface area contributed by atoms with Crippen molar-refractivity contribution in [2.45, 2.75) is 32.2 Å². The third-order valence-corrected chi connectivity index (χ3v) is 4.41. The van der Waals surface area contributed by atoms with Gasteiger partial charge in [-0.15, -0.1) is 11.3 Å². The molecule has 106 valence electrons. The predicted octanol–water partition coefficient (Wildman–Crippen LogP) is 2.41. The van der Waals surface area contributed by atoms with Gasteiger partial charge in [0.2, 0.25) is 0 Å². The van der Waals surface area contributed by atoms with Crippen molar-refractivity contribution < 1.29 is 9.90 Å². The van der Waals surface area contributed by atoms with Crippen LogP contribution < -0.4 is 5.32 Å². The Morgan fingerprint density at radius 2 is 2.16 bits per heavy atom. The second-order valence-electron chi connectivity index (χ2n) is 5.04. The fourth-order valence-electron chi connectivity index (χ4n) is 2.41. The minimum Gasteiger partial charge on any atom is -0.478 e. The molecule has 5 heteroatoms. The minimum atomic E-state index is -0.840. The number of hydrogen-bond acceptors (Lipinski definition) is 4.